The molecule has 40 heavy (non-hydrogen) atoms. The van der Waals surface area contributed by atoms with Crippen LogP contribution in [0.15, 0.2) is 77.3 Å². The first-order chi connectivity index (χ1) is 19.2. The third kappa shape index (κ3) is 4.92. The summed E-state index contributed by atoms with van der Waals surface area (Å²) in [6.45, 7) is 4.32. The Labute approximate surface area is 244 Å². The summed E-state index contributed by atoms with van der Waals surface area (Å²) in [4.78, 5) is 15.3. The van der Waals surface area contributed by atoms with E-state index in [0.717, 1.165) is 33.7 Å². The number of nitrogens with two attached hydrogens (primary N) is 1. The van der Waals surface area contributed by atoms with Crippen LogP contribution in [-0.2, 0) is 11.4 Å². The molecule has 0 spiro atoms. The van der Waals surface area contributed by atoms with Crippen LogP contribution in [0.3, 0.4) is 0 Å². The molecule has 0 saturated heterocycles. The van der Waals surface area contributed by atoms with Crippen molar-refractivity contribution in [1.29, 1.82) is 5.26 Å². The van der Waals surface area contributed by atoms with Crippen LogP contribution in [0.2, 0.25) is 10.0 Å². The van der Waals surface area contributed by atoms with E-state index >= 15 is 0 Å². The van der Waals surface area contributed by atoms with Crippen molar-refractivity contribution >= 4 is 34.7 Å². The number of rotatable bonds is 6. The quantitative estimate of drug-likeness (QED) is 0.328. The van der Waals surface area contributed by atoms with E-state index in [-0.39, 0.29) is 11.6 Å². The highest BCUT2D eigenvalue weighted by Crippen LogP contribution is 2.49. The van der Waals surface area contributed by atoms with E-state index in [0.29, 0.717) is 58.5 Å². The number of ether oxygens (including phenoxy) is 2. The van der Waals surface area contributed by atoms with E-state index in [1.54, 1.807) is 30.2 Å². The van der Waals surface area contributed by atoms with Gasteiger partial charge in [-0.15, -0.1) is 0 Å². The van der Waals surface area contributed by atoms with Crippen LogP contribution >= 0.6 is 23.2 Å². The van der Waals surface area contributed by atoms with E-state index in [2.05, 4.69) is 12.1 Å². The van der Waals surface area contributed by atoms with Gasteiger partial charge in [0.05, 0.1) is 40.4 Å². The third-order valence-corrected chi connectivity index (χ3v) is 8.36. The first-order valence-corrected chi connectivity index (χ1v) is 13.8. The fourth-order valence-corrected chi connectivity index (χ4v) is 5.96. The average molecular weight is 575 g/mol. The zero-order valence-corrected chi connectivity index (χ0v) is 24.1. The molecule has 8 heteroatoms. The highest BCUT2D eigenvalue weighted by molar-refractivity contribution is 6.43. The van der Waals surface area contributed by atoms with Gasteiger partial charge in [0.2, 0.25) is 0 Å². The lowest BCUT2D eigenvalue weighted by molar-refractivity contribution is -0.116. The van der Waals surface area contributed by atoms with Gasteiger partial charge < -0.3 is 15.2 Å². The van der Waals surface area contributed by atoms with Crippen LogP contribution in [-0.4, -0.2) is 12.9 Å². The summed E-state index contributed by atoms with van der Waals surface area (Å²) >= 11 is 13.0. The number of nitriles is 1. The number of aryl methyl sites for hydroxylation is 1. The minimum atomic E-state index is -0.596. The van der Waals surface area contributed by atoms with Crippen LogP contribution in [0.25, 0.3) is 0 Å². The van der Waals surface area contributed by atoms with Gasteiger partial charge in [-0.25, -0.2) is 0 Å². The minimum Gasteiger partial charge on any atom is -0.497 e. The Morgan fingerprint density at radius 3 is 2.50 bits per heavy atom. The van der Waals surface area contributed by atoms with Crippen molar-refractivity contribution in [2.45, 2.75) is 45.6 Å². The van der Waals surface area contributed by atoms with E-state index in [9.17, 15) is 10.1 Å². The molecule has 2 aliphatic rings. The van der Waals surface area contributed by atoms with Crippen molar-refractivity contribution in [2.24, 2.45) is 5.73 Å². The monoisotopic (exact) mass is 573 g/mol. The molecule has 1 heterocycles. The van der Waals surface area contributed by atoms with Crippen molar-refractivity contribution < 1.29 is 14.3 Å². The fourth-order valence-electron chi connectivity index (χ4n) is 5.58. The van der Waals surface area contributed by atoms with Crippen molar-refractivity contribution in [3.05, 3.63) is 110 Å². The van der Waals surface area contributed by atoms with Gasteiger partial charge in [-0.05, 0) is 79.8 Å². The van der Waals surface area contributed by atoms with Gasteiger partial charge in [-0.1, -0.05) is 47.0 Å². The van der Waals surface area contributed by atoms with Gasteiger partial charge in [0, 0.05) is 17.7 Å². The summed E-state index contributed by atoms with van der Waals surface area (Å²) in [6, 6.07) is 19.1. The predicted molar refractivity (Wildman–Crippen MR) is 158 cm³/mol. The second-order valence-electron chi connectivity index (χ2n) is 9.99. The maximum atomic E-state index is 13.6. The molecule has 3 aromatic rings. The van der Waals surface area contributed by atoms with Gasteiger partial charge >= 0.3 is 0 Å². The number of halogens is 2. The molecule has 1 unspecified atom stereocenters. The smallest absolute Gasteiger partial charge is 0.161 e. The molecule has 5 rings (SSSR count). The Bertz CT molecular complexity index is 1600. The SMILES string of the molecule is COc1ccc(OCc2cc(C)cc(C3C(C#N)=C(N)N(c4cccc(Cl)c4Cl)C4=C3C(=O)CCC4)c2C)cc1. The lowest BCUT2D eigenvalue weighted by Crippen LogP contribution is -2.39. The highest BCUT2D eigenvalue weighted by Gasteiger charge is 2.41. The molecule has 0 fully saturated rings. The molecule has 3 aromatic carbocycles. The Morgan fingerprint density at radius 1 is 1.07 bits per heavy atom. The predicted octanol–water partition coefficient (Wildman–Crippen LogP) is 7.50. The molecule has 204 valence electrons. The second kappa shape index (κ2) is 11.3. The number of hydrogen-bond acceptors (Lipinski definition) is 6. The average Bonchev–Trinajstić information content (AvgIpc) is 2.95. The number of ketones is 1. The van der Waals surface area contributed by atoms with Crippen molar-refractivity contribution in [3.63, 3.8) is 0 Å². The number of Topliss-reactive ketones (excluding diaryl/α,β-unsaturated/α-hetero) is 1. The Kier molecular flexibility index (Phi) is 7.80. The number of benzene rings is 3. The molecule has 0 aromatic heterocycles. The van der Waals surface area contributed by atoms with E-state index in [1.807, 2.05) is 44.2 Å². The van der Waals surface area contributed by atoms with Gasteiger partial charge in [-0.2, -0.15) is 5.26 Å². The van der Waals surface area contributed by atoms with Crippen LogP contribution in [0, 0.1) is 25.2 Å². The summed E-state index contributed by atoms with van der Waals surface area (Å²) in [5.74, 6) is 1.13. The van der Waals surface area contributed by atoms with Gasteiger partial charge in [0.1, 0.15) is 23.9 Å². The zero-order chi connectivity index (χ0) is 28.6. The van der Waals surface area contributed by atoms with Gasteiger partial charge in [-0.3, -0.25) is 9.69 Å². The molecule has 0 saturated carbocycles. The van der Waals surface area contributed by atoms with Crippen LogP contribution in [0.5, 0.6) is 11.5 Å². The second-order valence-corrected chi connectivity index (χ2v) is 10.8. The number of carbonyl (C=O) groups excluding carboxylic acids is 1. The maximum absolute atomic E-state index is 13.6. The van der Waals surface area contributed by atoms with Crippen molar-refractivity contribution in [3.8, 4) is 17.6 Å². The van der Waals surface area contributed by atoms with E-state index in [4.69, 9.17) is 38.4 Å². The summed E-state index contributed by atoms with van der Waals surface area (Å²) in [5, 5.41) is 11.1. The van der Waals surface area contributed by atoms with Crippen LogP contribution < -0.4 is 20.1 Å². The molecule has 0 bridgehead atoms. The van der Waals surface area contributed by atoms with Crippen molar-refractivity contribution in [1.82, 2.24) is 0 Å². The molecule has 2 N–H and O–H groups in total. The number of carbonyl (C=O) groups is 1. The lowest BCUT2D eigenvalue weighted by Gasteiger charge is -2.40. The standard InChI is InChI=1S/C32H29Cl2N3O3/c1-18-14-20(17-40-22-12-10-21(39-3)11-13-22)19(2)23(15-18)29-24(16-35)32(36)37(26-7-5-9-28(38)30(26)29)27-8-4-6-25(33)31(27)34/h4,6,8,10-15,29H,5,7,9,17,36H2,1-3H3. The molecule has 6 nitrogen and oxygen atoms in total. The summed E-state index contributed by atoms with van der Waals surface area (Å²) in [7, 11) is 1.62. The normalized spacial score (nSPS) is 17.1. The highest BCUT2D eigenvalue weighted by atomic mass is 35.5. The fraction of sp³-hybridized carbons (Fsp3) is 0.250. The Hall–Kier alpha value is -3.92. The summed E-state index contributed by atoms with van der Waals surface area (Å²) in [5.41, 5.74) is 12.7. The minimum absolute atomic E-state index is 0.00610. The van der Waals surface area contributed by atoms with Crippen LogP contribution in [0.4, 0.5) is 5.69 Å². The molecule has 0 radical (unpaired) electrons. The number of methoxy groups -OCH3 is 1. The molecular weight excluding hydrogens is 545 g/mol. The molecule has 1 aliphatic heterocycles. The molecule has 1 aliphatic carbocycles. The van der Waals surface area contributed by atoms with Crippen molar-refractivity contribution in [2.75, 3.05) is 12.0 Å². The van der Waals surface area contributed by atoms with Crippen LogP contribution in [0.1, 0.15) is 47.4 Å². The zero-order valence-electron chi connectivity index (χ0n) is 22.6. The lowest BCUT2D eigenvalue weighted by atomic mass is 9.73. The number of anilines is 1. The number of hydrogen-bond donors (Lipinski definition) is 1. The van der Waals surface area contributed by atoms with Gasteiger partial charge in [0.25, 0.3) is 0 Å². The molecule has 1 atom stereocenters. The molecular formula is C32H29Cl2N3O3. The Balaban J connectivity index is 1.62. The largest absolute Gasteiger partial charge is 0.497 e. The van der Waals surface area contributed by atoms with E-state index in [1.165, 1.54) is 0 Å². The van der Waals surface area contributed by atoms with Gasteiger partial charge in [0.15, 0.2) is 5.78 Å². The topological polar surface area (TPSA) is 88.6 Å². The first kappa shape index (κ1) is 27.6. The number of allylic oxidation sites excluding steroid dienone is 3. The summed E-state index contributed by atoms with van der Waals surface area (Å²) in [6.07, 6.45) is 1.71. The third-order valence-electron chi connectivity index (χ3n) is 7.55. The van der Waals surface area contributed by atoms with E-state index < -0.39 is 5.92 Å². The maximum Gasteiger partial charge on any atom is 0.161 e. The Morgan fingerprint density at radius 2 is 1.80 bits per heavy atom. The summed E-state index contributed by atoms with van der Waals surface area (Å²) < 4.78 is 11.3. The molecule has 0 amide bonds. The first-order valence-electron chi connectivity index (χ1n) is 13.0. The number of nitrogens with zero attached hydrogens (tertiary/aromatic N) is 2.